The molecule has 1 fully saturated rings. The quantitative estimate of drug-likeness (QED) is 0.778. The van der Waals surface area contributed by atoms with Gasteiger partial charge in [0.2, 0.25) is 10.0 Å². The predicted molar refractivity (Wildman–Crippen MR) is 96.5 cm³/mol. The molecule has 0 radical (unpaired) electrons. The molecule has 0 amide bonds. The van der Waals surface area contributed by atoms with Crippen LogP contribution in [0.2, 0.25) is 0 Å². The van der Waals surface area contributed by atoms with Crippen LogP contribution in [0.3, 0.4) is 0 Å². The Morgan fingerprint density at radius 2 is 1.77 bits per heavy atom. The molecule has 0 N–H and O–H groups in total. The van der Waals surface area contributed by atoms with Gasteiger partial charge in [-0.15, -0.1) is 0 Å². The van der Waals surface area contributed by atoms with Gasteiger partial charge < -0.3 is 0 Å². The molecule has 8 heteroatoms. The SMILES string of the molecule is Cc1cc(F)ccc1S(=O)(=O)N1CCC[C@@H]1CS(=O)(=O)c1ccccc1. The molecular formula is C18H20FNO4S2. The van der Waals surface area contributed by atoms with Crippen LogP contribution in [0.4, 0.5) is 4.39 Å². The van der Waals surface area contributed by atoms with E-state index in [1.165, 1.54) is 35.5 Å². The molecule has 0 unspecified atom stereocenters. The summed E-state index contributed by atoms with van der Waals surface area (Å²) >= 11 is 0. The van der Waals surface area contributed by atoms with E-state index in [0.717, 1.165) is 6.07 Å². The van der Waals surface area contributed by atoms with E-state index in [9.17, 15) is 21.2 Å². The van der Waals surface area contributed by atoms with Gasteiger partial charge in [-0.3, -0.25) is 0 Å². The summed E-state index contributed by atoms with van der Waals surface area (Å²) < 4.78 is 65.8. The average Bonchev–Trinajstić information content (AvgIpc) is 3.03. The van der Waals surface area contributed by atoms with Crippen LogP contribution in [-0.2, 0) is 19.9 Å². The highest BCUT2D eigenvalue weighted by atomic mass is 32.2. The normalized spacial score (nSPS) is 18.9. The molecule has 0 aromatic heterocycles. The fourth-order valence-electron chi connectivity index (χ4n) is 3.30. The van der Waals surface area contributed by atoms with Gasteiger partial charge >= 0.3 is 0 Å². The highest BCUT2D eigenvalue weighted by Crippen LogP contribution is 2.30. The monoisotopic (exact) mass is 397 g/mol. The van der Waals surface area contributed by atoms with Crippen LogP contribution >= 0.6 is 0 Å². The number of benzene rings is 2. The number of halogens is 1. The standard InChI is InChI=1S/C18H20FNO4S2/c1-14-12-15(19)9-10-18(14)26(23,24)20-11-5-6-16(20)13-25(21,22)17-7-3-2-4-8-17/h2-4,7-10,12,16H,5-6,11,13H2,1H3/t16-/m1/s1. The number of hydrogen-bond donors (Lipinski definition) is 0. The first-order chi connectivity index (χ1) is 12.2. The predicted octanol–water partition coefficient (Wildman–Crippen LogP) is 2.76. The summed E-state index contributed by atoms with van der Waals surface area (Å²) in [6, 6.07) is 10.9. The number of hydrogen-bond acceptors (Lipinski definition) is 4. The van der Waals surface area contributed by atoms with Gasteiger partial charge in [0.05, 0.1) is 15.5 Å². The van der Waals surface area contributed by atoms with E-state index in [1.54, 1.807) is 18.2 Å². The van der Waals surface area contributed by atoms with Crippen LogP contribution in [0.25, 0.3) is 0 Å². The molecule has 5 nitrogen and oxygen atoms in total. The smallest absolute Gasteiger partial charge is 0.224 e. The lowest BCUT2D eigenvalue weighted by atomic mass is 10.2. The van der Waals surface area contributed by atoms with Crippen LogP contribution in [0.5, 0.6) is 0 Å². The second-order valence-corrected chi connectivity index (χ2v) is 10.3. The number of sulfonamides is 1. The third-order valence-corrected chi connectivity index (χ3v) is 8.49. The van der Waals surface area contributed by atoms with Crippen LogP contribution in [0.1, 0.15) is 18.4 Å². The van der Waals surface area contributed by atoms with Gasteiger partial charge in [-0.1, -0.05) is 18.2 Å². The van der Waals surface area contributed by atoms with Crippen LogP contribution < -0.4 is 0 Å². The summed E-state index contributed by atoms with van der Waals surface area (Å²) in [5.74, 6) is -0.776. The Morgan fingerprint density at radius 3 is 2.42 bits per heavy atom. The van der Waals surface area contributed by atoms with Crippen molar-refractivity contribution in [1.82, 2.24) is 4.31 Å². The minimum atomic E-state index is -3.89. The maximum Gasteiger partial charge on any atom is 0.243 e. The van der Waals surface area contributed by atoms with Crippen LogP contribution in [0, 0.1) is 12.7 Å². The molecule has 3 rings (SSSR count). The lowest BCUT2D eigenvalue weighted by molar-refractivity contribution is 0.407. The van der Waals surface area contributed by atoms with E-state index in [1.807, 2.05) is 0 Å². The number of aryl methyl sites for hydroxylation is 1. The first-order valence-electron chi connectivity index (χ1n) is 8.27. The van der Waals surface area contributed by atoms with Gasteiger partial charge in [-0.25, -0.2) is 21.2 Å². The number of sulfone groups is 1. The van der Waals surface area contributed by atoms with Crippen molar-refractivity contribution in [1.29, 1.82) is 0 Å². The van der Waals surface area contributed by atoms with Crippen molar-refractivity contribution in [2.45, 2.75) is 35.6 Å². The summed E-state index contributed by atoms with van der Waals surface area (Å²) in [5, 5.41) is 0. The Hall–Kier alpha value is -1.77. The molecule has 0 bridgehead atoms. The second kappa shape index (κ2) is 7.09. The van der Waals surface area contributed by atoms with E-state index in [-0.39, 0.29) is 22.1 Å². The topological polar surface area (TPSA) is 71.5 Å². The molecule has 1 aliphatic rings. The number of rotatable bonds is 5. The summed E-state index contributed by atoms with van der Waals surface area (Å²) in [6.07, 6.45) is 1.07. The summed E-state index contributed by atoms with van der Waals surface area (Å²) in [4.78, 5) is 0.199. The zero-order valence-electron chi connectivity index (χ0n) is 14.3. The Morgan fingerprint density at radius 1 is 1.08 bits per heavy atom. The molecule has 2 aromatic carbocycles. The third kappa shape index (κ3) is 3.67. The molecule has 26 heavy (non-hydrogen) atoms. The highest BCUT2D eigenvalue weighted by molar-refractivity contribution is 7.91. The highest BCUT2D eigenvalue weighted by Gasteiger charge is 2.38. The van der Waals surface area contributed by atoms with E-state index in [0.29, 0.717) is 18.4 Å². The molecule has 140 valence electrons. The maximum atomic E-state index is 13.3. The Bertz CT molecular complexity index is 1000. The van der Waals surface area contributed by atoms with Crippen molar-refractivity contribution in [3.63, 3.8) is 0 Å². The molecule has 1 atom stereocenters. The van der Waals surface area contributed by atoms with Gasteiger partial charge in [0.15, 0.2) is 9.84 Å². The average molecular weight is 397 g/mol. The van der Waals surface area contributed by atoms with Crippen molar-refractivity contribution in [3.05, 3.63) is 59.9 Å². The molecular weight excluding hydrogens is 377 g/mol. The van der Waals surface area contributed by atoms with Crippen molar-refractivity contribution < 1.29 is 21.2 Å². The summed E-state index contributed by atoms with van der Waals surface area (Å²) in [6.45, 7) is 1.79. The van der Waals surface area contributed by atoms with Gasteiger partial charge in [-0.2, -0.15) is 4.31 Å². The molecule has 0 aliphatic carbocycles. The van der Waals surface area contributed by atoms with E-state index in [4.69, 9.17) is 0 Å². The fourth-order valence-corrected chi connectivity index (χ4v) is 6.91. The van der Waals surface area contributed by atoms with Gasteiger partial charge in [0.25, 0.3) is 0 Å². The van der Waals surface area contributed by atoms with Gasteiger partial charge in [0, 0.05) is 12.6 Å². The number of nitrogens with zero attached hydrogens (tertiary/aromatic N) is 1. The fraction of sp³-hybridized carbons (Fsp3) is 0.333. The van der Waals surface area contributed by atoms with Gasteiger partial charge in [-0.05, 0) is 55.7 Å². The Kier molecular flexibility index (Phi) is 5.18. The van der Waals surface area contributed by atoms with Crippen LogP contribution in [-0.4, -0.2) is 39.5 Å². The van der Waals surface area contributed by atoms with E-state index >= 15 is 0 Å². The van der Waals surface area contributed by atoms with Crippen molar-refractivity contribution in [2.75, 3.05) is 12.3 Å². The lowest BCUT2D eigenvalue weighted by Gasteiger charge is -2.24. The van der Waals surface area contributed by atoms with Crippen molar-refractivity contribution >= 4 is 19.9 Å². The third-order valence-electron chi connectivity index (χ3n) is 4.56. The molecule has 0 saturated carbocycles. The van der Waals surface area contributed by atoms with E-state index < -0.39 is 31.7 Å². The first-order valence-corrected chi connectivity index (χ1v) is 11.4. The molecule has 0 spiro atoms. The molecule has 1 aliphatic heterocycles. The summed E-state index contributed by atoms with van der Waals surface area (Å²) in [7, 11) is -7.49. The minimum absolute atomic E-state index is 0.0166. The van der Waals surface area contributed by atoms with Crippen molar-refractivity contribution in [2.24, 2.45) is 0 Å². The largest absolute Gasteiger partial charge is 0.243 e. The minimum Gasteiger partial charge on any atom is -0.224 e. The molecule has 1 heterocycles. The Labute approximate surface area is 153 Å². The lowest BCUT2D eigenvalue weighted by Crippen LogP contribution is -2.39. The summed E-state index contributed by atoms with van der Waals surface area (Å²) in [5.41, 5.74) is 0.307. The van der Waals surface area contributed by atoms with Gasteiger partial charge in [0.1, 0.15) is 5.82 Å². The van der Waals surface area contributed by atoms with E-state index in [2.05, 4.69) is 0 Å². The van der Waals surface area contributed by atoms with Crippen molar-refractivity contribution in [3.8, 4) is 0 Å². The zero-order chi connectivity index (χ0) is 18.9. The second-order valence-electron chi connectivity index (χ2n) is 6.42. The zero-order valence-corrected chi connectivity index (χ0v) is 15.9. The Balaban J connectivity index is 1.91. The molecule has 1 saturated heterocycles. The van der Waals surface area contributed by atoms with Crippen LogP contribution in [0.15, 0.2) is 58.3 Å². The maximum absolute atomic E-state index is 13.3. The first kappa shape index (κ1) is 19.0. The molecule has 2 aromatic rings.